The van der Waals surface area contributed by atoms with E-state index in [-0.39, 0.29) is 12.2 Å². The first-order chi connectivity index (χ1) is 10.8. The summed E-state index contributed by atoms with van der Waals surface area (Å²) in [5.41, 5.74) is -0.809. The Morgan fingerprint density at radius 1 is 1.30 bits per heavy atom. The van der Waals surface area contributed by atoms with Gasteiger partial charge in [-0.25, -0.2) is 0 Å². The molecule has 0 aromatic heterocycles. The van der Waals surface area contributed by atoms with E-state index >= 15 is 0 Å². The van der Waals surface area contributed by atoms with Crippen molar-refractivity contribution < 1.29 is 22.7 Å². The van der Waals surface area contributed by atoms with Gasteiger partial charge in [-0.1, -0.05) is 24.3 Å². The average Bonchev–Trinajstić information content (AvgIpc) is 2.46. The molecule has 1 aromatic rings. The molecule has 1 aliphatic rings. The topological polar surface area (TPSA) is 38.3 Å². The molecule has 0 bridgehead atoms. The van der Waals surface area contributed by atoms with Crippen molar-refractivity contribution in [2.75, 3.05) is 0 Å². The van der Waals surface area contributed by atoms with Gasteiger partial charge in [0.2, 0.25) is 0 Å². The van der Waals surface area contributed by atoms with Crippen LogP contribution in [0.1, 0.15) is 36.2 Å². The molecule has 3 nitrogen and oxygen atoms in total. The minimum absolute atomic E-state index is 0.00177. The largest absolute Gasteiger partial charge is 0.417 e. The van der Waals surface area contributed by atoms with Gasteiger partial charge in [0.1, 0.15) is 0 Å². The summed E-state index contributed by atoms with van der Waals surface area (Å²) < 4.78 is 44.5. The van der Waals surface area contributed by atoms with Crippen LogP contribution in [0.15, 0.2) is 48.2 Å². The lowest BCUT2D eigenvalue weighted by Gasteiger charge is -2.20. The smallest absolute Gasteiger partial charge is 0.367 e. The van der Waals surface area contributed by atoms with Crippen molar-refractivity contribution >= 4 is 5.91 Å². The minimum atomic E-state index is -4.57. The summed E-state index contributed by atoms with van der Waals surface area (Å²) in [5, 5.41) is 2.54. The van der Waals surface area contributed by atoms with Gasteiger partial charge >= 0.3 is 6.18 Å². The molecule has 0 saturated heterocycles. The number of carbonyl (C=O) groups excluding carboxylic acids is 1. The summed E-state index contributed by atoms with van der Waals surface area (Å²) in [4.78, 5) is 12.2. The van der Waals surface area contributed by atoms with Gasteiger partial charge in [0, 0.05) is 12.1 Å². The highest BCUT2D eigenvalue weighted by Crippen LogP contribution is 2.32. The molecule has 2 rings (SSSR count). The summed E-state index contributed by atoms with van der Waals surface area (Å²) >= 11 is 0. The van der Waals surface area contributed by atoms with E-state index in [0.717, 1.165) is 6.07 Å². The molecule has 0 saturated carbocycles. The Bertz CT molecular complexity index is 633. The number of ether oxygens (including phenoxy) is 1. The molecule has 0 radical (unpaired) electrons. The van der Waals surface area contributed by atoms with E-state index < -0.39 is 23.2 Å². The zero-order valence-electron chi connectivity index (χ0n) is 12.9. The third-order valence-corrected chi connectivity index (χ3v) is 3.21. The van der Waals surface area contributed by atoms with E-state index in [9.17, 15) is 18.0 Å². The highest BCUT2D eigenvalue weighted by Gasteiger charge is 2.34. The molecule has 6 heteroatoms. The lowest BCUT2D eigenvalue weighted by molar-refractivity contribution is -0.137. The molecule has 1 atom stereocenters. The number of halogens is 3. The van der Waals surface area contributed by atoms with Crippen LogP contribution in [0.25, 0.3) is 0 Å². The summed E-state index contributed by atoms with van der Waals surface area (Å²) in [6, 6.07) is 4.73. The van der Waals surface area contributed by atoms with E-state index in [1.165, 1.54) is 18.2 Å². The molecule has 1 aliphatic carbocycles. The molecule has 0 heterocycles. The molecule has 1 aromatic carbocycles. The zero-order valence-corrected chi connectivity index (χ0v) is 12.9. The van der Waals surface area contributed by atoms with Crippen molar-refractivity contribution in [1.29, 1.82) is 0 Å². The summed E-state index contributed by atoms with van der Waals surface area (Å²) in [6.45, 7) is 3.77. The van der Waals surface area contributed by atoms with Crippen LogP contribution in [0.3, 0.4) is 0 Å². The van der Waals surface area contributed by atoms with Crippen LogP contribution >= 0.6 is 0 Å². The van der Waals surface area contributed by atoms with E-state index in [4.69, 9.17) is 4.74 Å². The normalized spacial score (nSPS) is 18.0. The quantitative estimate of drug-likeness (QED) is 0.848. The molecule has 124 valence electrons. The van der Waals surface area contributed by atoms with Crippen LogP contribution in [0.4, 0.5) is 13.2 Å². The van der Waals surface area contributed by atoms with Gasteiger partial charge in [0.25, 0.3) is 5.91 Å². The molecule has 23 heavy (non-hydrogen) atoms. The summed E-state index contributed by atoms with van der Waals surface area (Å²) in [6.07, 6.45) is 0.945. The third kappa shape index (κ3) is 4.69. The second-order valence-corrected chi connectivity index (χ2v) is 5.47. The number of rotatable bonds is 4. The lowest BCUT2D eigenvalue weighted by atomic mass is 10.1. The van der Waals surface area contributed by atoms with Crippen molar-refractivity contribution in [3.8, 4) is 0 Å². The highest BCUT2D eigenvalue weighted by molar-refractivity contribution is 5.97. The summed E-state index contributed by atoms with van der Waals surface area (Å²) in [7, 11) is 0. The monoisotopic (exact) mass is 325 g/mol. The first kappa shape index (κ1) is 17.3. The van der Waals surface area contributed by atoms with Gasteiger partial charge in [0.15, 0.2) is 0 Å². The molecule has 0 fully saturated rings. The molecular weight excluding hydrogens is 307 g/mol. The number of amides is 1. The first-order valence-corrected chi connectivity index (χ1v) is 7.28. The molecule has 1 amide bonds. The van der Waals surface area contributed by atoms with Gasteiger partial charge in [-0.15, -0.1) is 0 Å². The molecule has 1 N–H and O–H groups in total. The standard InChI is InChI=1S/C17H18F3NO2/c1-11(2)23-13-7-5-6-12(10-13)21-16(22)14-8-3-4-9-15(14)17(18,19)20/h3-5,7-11,13H,6H2,1-2H3,(H,21,22)/t13-/m1/s1. The second-order valence-electron chi connectivity index (χ2n) is 5.47. The minimum Gasteiger partial charge on any atom is -0.367 e. The second kappa shape index (κ2) is 7.00. The average molecular weight is 325 g/mol. The number of carbonyl (C=O) groups is 1. The van der Waals surface area contributed by atoms with E-state index in [1.54, 1.807) is 6.08 Å². The van der Waals surface area contributed by atoms with Crippen molar-refractivity contribution in [3.05, 3.63) is 59.3 Å². The van der Waals surface area contributed by atoms with Crippen molar-refractivity contribution in [2.45, 2.75) is 38.7 Å². The van der Waals surface area contributed by atoms with Crippen LogP contribution in [0.2, 0.25) is 0 Å². The van der Waals surface area contributed by atoms with Gasteiger partial charge in [-0.3, -0.25) is 4.79 Å². The Hall–Kier alpha value is -2.08. The number of hydrogen-bond donors (Lipinski definition) is 1. The van der Waals surface area contributed by atoms with Crippen LogP contribution < -0.4 is 5.32 Å². The van der Waals surface area contributed by atoms with Gasteiger partial charge in [0.05, 0.1) is 23.3 Å². The van der Waals surface area contributed by atoms with Gasteiger partial charge in [-0.2, -0.15) is 13.2 Å². The van der Waals surface area contributed by atoms with Crippen molar-refractivity contribution in [3.63, 3.8) is 0 Å². The maximum atomic E-state index is 13.0. The van der Waals surface area contributed by atoms with Crippen LogP contribution in [-0.2, 0) is 10.9 Å². The third-order valence-electron chi connectivity index (χ3n) is 3.21. The van der Waals surface area contributed by atoms with E-state index in [1.807, 2.05) is 26.0 Å². The predicted octanol–water partition coefficient (Wildman–Crippen LogP) is 4.07. The Kier molecular flexibility index (Phi) is 5.26. The predicted molar refractivity (Wildman–Crippen MR) is 80.8 cm³/mol. The first-order valence-electron chi connectivity index (χ1n) is 7.28. The van der Waals surface area contributed by atoms with Gasteiger partial charge < -0.3 is 10.1 Å². The fraction of sp³-hybridized carbons (Fsp3) is 0.353. The Morgan fingerprint density at radius 2 is 2.00 bits per heavy atom. The highest BCUT2D eigenvalue weighted by atomic mass is 19.4. The molecule has 0 aliphatic heterocycles. The number of nitrogens with one attached hydrogen (secondary N) is 1. The maximum absolute atomic E-state index is 13.0. The molecule has 0 spiro atoms. The fourth-order valence-corrected chi connectivity index (χ4v) is 2.28. The van der Waals surface area contributed by atoms with Crippen molar-refractivity contribution in [2.24, 2.45) is 0 Å². The summed E-state index contributed by atoms with van der Waals surface area (Å²) in [5.74, 6) is -0.775. The molecule has 0 unspecified atom stereocenters. The van der Waals surface area contributed by atoms with Gasteiger partial charge in [-0.05, 0) is 32.1 Å². The van der Waals surface area contributed by atoms with E-state index in [2.05, 4.69) is 5.32 Å². The number of allylic oxidation sites excluding steroid dienone is 1. The molecular formula is C17H18F3NO2. The Labute approximate surface area is 132 Å². The van der Waals surface area contributed by atoms with Crippen molar-refractivity contribution in [1.82, 2.24) is 5.32 Å². The van der Waals surface area contributed by atoms with Crippen LogP contribution in [0, 0.1) is 0 Å². The Morgan fingerprint density at radius 3 is 2.65 bits per heavy atom. The lowest BCUT2D eigenvalue weighted by Crippen LogP contribution is -2.28. The zero-order chi connectivity index (χ0) is 17.0. The SMILES string of the molecule is CC(C)O[C@@H]1C=CCC(NC(=O)c2ccccc2C(F)(F)F)=C1. The van der Waals surface area contributed by atoms with E-state index in [0.29, 0.717) is 12.1 Å². The number of alkyl halides is 3. The van der Waals surface area contributed by atoms with Crippen LogP contribution in [0.5, 0.6) is 0 Å². The maximum Gasteiger partial charge on any atom is 0.417 e. The Balaban J connectivity index is 2.15. The fourth-order valence-electron chi connectivity index (χ4n) is 2.28. The number of benzene rings is 1. The number of hydrogen-bond acceptors (Lipinski definition) is 2. The van der Waals surface area contributed by atoms with Crippen LogP contribution in [-0.4, -0.2) is 18.1 Å².